The molecule has 1 aromatic carbocycles. The van der Waals surface area contributed by atoms with Gasteiger partial charge < -0.3 is 15.7 Å². The number of hydrogen-bond acceptors (Lipinski definition) is 4. The standard InChI is InChI=1S/C21H30N4O2/c1-13(2)15-8-18(14(3)4)20(26)19(9-15)21(27)23-11-16-10-17-12-22-6-5-7-25(17)24-16/h8-10,13-14,22,26H,5-7,11-12H2,1-4H3,(H,23,27). The Morgan fingerprint density at radius 1 is 1.26 bits per heavy atom. The van der Waals surface area contributed by atoms with Crippen LogP contribution in [0.2, 0.25) is 0 Å². The lowest BCUT2D eigenvalue weighted by Crippen LogP contribution is -2.24. The second-order valence-electron chi connectivity index (χ2n) is 7.88. The van der Waals surface area contributed by atoms with Gasteiger partial charge in [-0.1, -0.05) is 33.8 Å². The highest BCUT2D eigenvalue weighted by Crippen LogP contribution is 2.33. The summed E-state index contributed by atoms with van der Waals surface area (Å²) in [6.07, 6.45) is 1.05. The summed E-state index contributed by atoms with van der Waals surface area (Å²) in [7, 11) is 0. The first-order chi connectivity index (χ1) is 12.9. The van der Waals surface area contributed by atoms with E-state index in [1.54, 1.807) is 6.07 Å². The Balaban J connectivity index is 1.78. The predicted molar refractivity (Wildman–Crippen MR) is 106 cm³/mol. The molecule has 2 heterocycles. The van der Waals surface area contributed by atoms with Gasteiger partial charge >= 0.3 is 0 Å². The molecule has 0 bridgehead atoms. The second kappa shape index (κ2) is 8.13. The molecule has 0 atom stereocenters. The molecule has 27 heavy (non-hydrogen) atoms. The molecule has 1 aliphatic rings. The average Bonchev–Trinajstić information content (AvgIpc) is 2.88. The van der Waals surface area contributed by atoms with E-state index in [4.69, 9.17) is 0 Å². The molecule has 0 aliphatic carbocycles. The number of phenolic OH excluding ortho intramolecular Hbond substituents is 1. The van der Waals surface area contributed by atoms with Crippen molar-refractivity contribution >= 4 is 5.91 Å². The minimum absolute atomic E-state index is 0.0803. The van der Waals surface area contributed by atoms with Gasteiger partial charge in [0.25, 0.3) is 5.91 Å². The van der Waals surface area contributed by atoms with Gasteiger partial charge in [0, 0.05) is 13.1 Å². The summed E-state index contributed by atoms with van der Waals surface area (Å²) in [5, 5.41) is 21.5. The van der Waals surface area contributed by atoms with Crippen molar-refractivity contribution in [2.75, 3.05) is 6.54 Å². The van der Waals surface area contributed by atoms with E-state index in [1.807, 2.05) is 30.7 Å². The molecule has 1 amide bonds. The van der Waals surface area contributed by atoms with E-state index in [0.717, 1.165) is 48.6 Å². The van der Waals surface area contributed by atoms with Crippen molar-refractivity contribution in [3.8, 4) is 5.75 Å². The van der Waals surface area contributed by atoms with Crippen LogP contribution < -0.4 is 10.6 Å². The van der Waals surface area contributed by atoms with Gasteiger partial charge in [0.05, 0.1) is 23.5 Å². The topological polar surface area (TPSA) is 79.2 Å². The first kappa shape index (κ1) is 19.4. The molecule has 2 aromatic rings. The lowest BCUT2D eigenvalue weighted by Gasteiger charge is -2.17. The van der Waals surface area contributed by atoms with Gasteiger partial charge in [0.1, 0.15) is 5.75 Å². The van der Waals surface area contributed by atoms with E-state index in [1.165, 1.54) is 0 Å². The zero-order valence-corrected chi connectivity index (χ0v) is 16.7. The van der Waals surface area contributed by atoms with E-state index in [0.29, 0.717) is 12.1 Å². The Hall–Kier alpha value is -2.34. The molecule has 0 unspecified atom stereocenters. The van der Waals surface area contributed by atoms with Gasteiger partial charge in [0.15, 0.2) is 0 Å². The van der Waals surface area contributed by atoms with Crippen molar-refractivity contribution in [3.05, 3.63) is 46.3 Å². The van der Waals surface area contributed by atoms with Crippen molar-refractivity contribution in [1.29, 1.82) is 0 Å². The summed E-state index contributed by atoms with van der Waals surface area (Å²) in [5.41, 5.74) is 4.19. The van der Waals surface area contributed by atoms with Crippen molar-refractivity contribution < 1.29 is 9.90 Å². The highest BCUT2D eigenvalue weighted by atomic mass is 16.3. The van der Waals surface area contributed by atoms with Crippen LogP contribution in [0.25, 0.3) is 0 Å². The van der Waals surface area contributed by atoms with E-state index in [9.17, 15) is 9.90 Å². The first-order valence-electron chi connectivity index (χ1n) is 9.78. The lowest BCUT2D eigenvalue weighted by atomic mass is 9.91. The number of amides is 1. The number of aromatic nitrogens is 2. The fourth-order valence-corrected chi connectivity index (χ4v) is 3.40. The van der Waals surface area contributed by atoms with Crippen LogP contribution >= 0.6 is 0 Å². The normalized spacial score (nSPS) is 14.3. The molecule has 1 aliphatic heterocycles. The number of nitrogens with one attached hydrogen (secondary N) is 2. The number of aryl methyl sites for hydroxylation is 1. The molecule has 0 fully saturated rings. The van der Waals surface area contributed by atoms with Crippen LogP contribution in [0.4, 0.5) is 0 Å². The van der Waals surface area contributed by atoms with Crippen LogP contribution in [-0.2, 0) is 19.6 Å². The molecule has 0 spiro atoms. The third kappa shape index (κ3) is 4.33. The highest BCUT2D eigenvalue weighted by Gasteiger charge is 2.19. The van der Waals surface area contributed by atoms with E-state index in [2.05, 4.69) is 29.6 Å². The second-order valence-corrected chi connectivity index (χ2v) is 7.88. The molecule has 1 aromatic heterocycles. The summed E-state index contributed by atoms with van der Waals surface area (Å²) in [6, 6.07) is 5.83. The minimum atomic E-state index is -0.266. The number of phenols is 1. The molecule has 0 saturated heterocycles. The number of nitrogens with zero attached hydrogens (tertiary/aromatic N) is 2. The SMILES string of the molecule is CC(C)c1cc(C(=O)NCc2cc3n(n2)CCCNC3)c(O)c(C(C)C)c1. The molecule has 6 nitrogen and oxygen atoms in total. The monoisotopic (exact) mass is 370 g/mol. The van der Waals surface area contributed by atoms with Crippen LogP contribution in [0.5, 0.6) is 5.75 Å². The number of rotatable bonds is 5. The molecule has 6 heteroatoms. The smallest absolute Gasteiger partial charge is 0.255 e. The molecular formula is C21H30N4O2. The number of carbonyl (C=O) groups is 1. The number of benzene rings is 1. The first-order valence-corrected chi connectivity index (χ1v) is 9.78. The number of carbonyl (C=O) groups excluding carboxylic acids is 1. The Kier molecular flexibility index (Phi) is 5.85. The summed E-state index contributed by atoms with van der Waals surface area (Å²) in [5.74, 6) is 0.243. The average molecular weight is 370 g/mol. The van der Waals surface area contributed by atoms with Gasteiger partial charge in [-0.15, -0.1) is 0 Å². The Morgan fingerprint density at radius 3 is 2.74 bits per heavy atom. The predicted octanol–water partition coefficient (Wildman–Crippen LogP) is 3.26. The Morgan fingerprint density at radius 2 is 2.04 bits per heavy atom. The summed E-state index contributed by atoms with van der Waals surface area (Å²) in [6.45, 7) is 11.3. The molecular weight excluding hydrogens is 340 g/mol. The zero-order chi connectivity index (χ0) is 19.6. The largest absolute Gasteiger partial charge is 0.507 e. The van der Waals surface area contributed by atoms with Gasteiger partial charge in [-0.05, 0) is 48.1 Å². The molecule has 3 rings (SSSR count). The maximum absolute atomic E-state index is 12.8. The van der Waals surface area contributed by atoms with Crippen LogP contribution in [0, 0.1) is 0 Å². The third-order valence-electron chi connectivity index (χ3n) is 5.07. The highest BCUT2D eigenvalue weighted by molar-refractivity contribution is 5.97. The maximum atomic E-state index is 12.8. The minimum Gasteiger partial charge on any atom is -0.507 e. The van der Waals surface area contributed by atoms with Crippen LogP contribution in [0.3, 0.4) is 0 Å². The summed E-state index contributed by atoms with van der Waals surface area (Å²) < 4.78 is 2.01. The molecule has 146 valence electrons. The lowest BCUT2D eigenvalue weighted by molar-refractivity contribution is 0.0947. The van der Waals surface area contributed by atoms with Crippen molar-refractivity contribution in [1.82, 2.24) is 20.4 Å². The van der Waals surface area contributed by atoms with Gasteiger partial charge in [0.2, 0.25) is 0 Å². The molecule has 3 N–H and O–H groups in total. The van der Waals surface area contributed by atoms with Gasteiger partial charge in [-0.2, -0.15) is 5.10 Å². The maximum Gasteiger partial charge on any atom is 0.255 e. The van der Waals surface area contributed by atoms with Gasteiger partial charge in [-0.3, -0.25) is 9.48 Å². The zero-order valence-electron chi connectivity index (χ0n) is 16.7. The fraction of sp³-hybridized carbons (Fsp3) is 0.524. The third-order valence-corrected chi connectivity index (χ3v) is 5.07. The number of hydrogen-bond donors (Lipinski definition) is 3. The Bertz CT molecular complexity index is 800. The van der Waals surface area contributed by atoms with Crippen LogP contribution in [0.1, 0.15) is 78.8 Å². The van der Waals surface area contributed by atoms with Crippen molar-refractivity contribution in [3.63, 3.8) is 0 Å². The van der Waals surface area contributed by atoms with Crippen LogP contribution in [-0.4, -0.2) is 27.3 Å². The molecule has 0 saturated carbocycles. The van der Waals surface area contributed by atoms with Crippen LogP contribution in [0.15, 0.2) is 18.2 Å². The summed E-state index contributed by atoms with van der Waals surface area (Å²) in [4.78, 5) is 12.8. The van der Waals surface area contributed by atoms with Crippen molar-refractivity contribution in [2.45, 2.75) is 65.6 Å². The Labute approximate surface area is 161 Å². The summed E-state index contributed by atoms with van der Waals surface area (Å²) >= 11 is 0. The molecule has 0 radical (unpaired) electrons. The fourth-order valence-electron chi connectivity index (χ4n) is 3.40. The van der Waals surface area contributed by atoms with E-state index in [-0.39, 0.29) is 23.5 Å². The van der Waals surface area contributed by atoms with E-state index >= 15 is 0 Å². The number of fused-ring (bicyclic) bond motifs is 1. The van der Waals surface area contributed by atoms with Crippen molar-refractivity contribution in [2.24, 2.45) is 0 Å². The van der Waals surface area contributed by atoms with E-state index < -0.39 is 0 Å². The quantitative estimate of drug-likeness (QED) is 0.755. The van der Waals surface area contributed by atoms with Gasteiger partial charge in [-0.25, -0.2) is 0 Å². The number of aromatic hydroxyl groups is 1.